The predicted molar refractivity (Wildman–Crippen MR) is 113 cm³/mol. The van der Waals surface area contributed by atoms with Crippen LogP contribution in [0.15, 0.2) is 48.7 Å². The molecule has 0 saturated carbocycles. The zero-order valence-corrected chi connectivity index (χ0v) is 17.0. The monoisotopic (exact) mass is 411 g/mol. The molecule has 0 atom stereocenters. The van der Waals surface area contributed by atoms with Crippen molar-refractivity contribution in [3.63, 3.8) is 0 Å². The number of morpholine rings is 1. The molecule has 7 heteroatoms. The zero-order chi connectivity index (χ0) is 20.2. The van der Waals surface area contributed by atoms with E-state index in [1.54, 1.807) is 18.3 Å². The van der Waals surface area contributed by atoms with E-state index in [9.17, 15) is 9.18 Å². The lowest BCUT2D eigenvalue weighted by molar-refractivity contribution is 0.0955. The number of halogens is 1. The third-order valence-electron chi connectivity index (χ3n) is 4.85. The van der Waals surface area contributed by atoms with Gasteiger partial charge >= 0.3 is 0 Å². The minimum atomic E-state index is -0.269. The van der Waals surface area contributed by atoms with Crippen molar-refractivity contribution in [3.05, 3.63) is 70.5 Å². The van der Waals surface area contributed by atoms with E-state index in [1.165, 1.54) is 23.5 Å². The molecule has 0 unspecified atom stereocenters. The van der Waals surface area contributed by atoms with Crippen molar-refractivity contribution in [2.24, 2.45) is 0 Å². The number of nitrogens with zero attached hydrogens (tertiary/aromatic N) is 2. The van der Waals surface area contributed by atoms with Crippen LogP contribution in [0.2, 0.25) is 0 Å². The van der Waals surface area contributed by atoms with Gasteiger partial charge in [-0.25, -0.2) is 9.37 Å². The van der Waals surface area contributed by atoms with Crippen molar-refractivity contribution < 1.29 is 13.9 Å². The highest BCUT2D eigenvalue weighted by Gasteiger charge is 2.15. The summed E-state index contributed by atoms with van der Waals surface area (Å²) in [6.45, 7) is 5.51. The maximum atomic E-state index is 13.2. The first kappa shape index (κ1) is 19.5. The summed E-state index contributed by atoms with van der Waals surface area (Å²) >= 11 is 1.41. The van der Waals surface area contributed by atoms with Crippen LogP contribution in [0.4, 0.5) is 10.2 Å². The molecule has 150 valence electrons. The number of aromatic nitrogens is 1. The van der Waals surface area contributed by atoms with Crippen LogP contribution in [-0.2, 0) is 11.3 Å². The molecule has 0 spiro atoms. The fourth-order valence-corrected chi connectivity index (χ4v) is 4.35. The number of anilines is 1. The summed E-state index contributed by atoms with van der Waals surface area (Å²) < 4.78 is 18.5. The number of amides is 1. The van der Waals surface area contributed by atoms with Crippen molar-refractivity contribution in [2.45, 2.75) is 13.5 Å². The molecule has 0 radical (unpaired) electrons. The SMILES string of the molecule is Cc1cc(C(=O)NCc2ccc(N3CCOCC3)nc2)sc1-c1ccc(F)cc1. The molecule has 1 amide bonds. The molecule has 3 aromatic rings. The van der Waals surface area contributed by atoms with E-state index >= 15 is 0 Å². The average Bonchev–Trinajstić information content (AvgIpc) is 3.15. The van der Waals surface area contributed by atoms with Gasteiger partial charge in [0, 0.05) is 30.7 Å². The summed E-state index contributed by atoms with van der Waals surface area (Å²) in [4.78, 5) is 20.9. The Balaban J connectivity index is 1.38. The normalized spacial score (nSPS) is 14.1. The molecule has 4 rings (SSSR count). The summed E-state index contributed by atoms with van der Waals surface area (Å²) in [6, 6.07) is 12.2. The van der Waals surface area contributed by atoms with E-state index in [1.807, 2.05) is 25.1 Å². The summed E-state index contributed by atoms with van der Waals surface area (Å²) in [6.07, 6.45) is 1.80. The van der Waals surface area contributed by atoms with Crippen molar-refractivity contribution in [3.8, 4) is 10.4 Å². The Bertz CT molecular complexity index is 980. The lowest BCUT2D eigenvalue weighted by atomic mass is 10.1. The average molecular weight is 412 g/mol. The Kier molecular flexibility index (Phi) is 5.87. The number of nitrogens with one attached hydrogen (secondary N) is 1. The minimum Gasteiger partial charge on any atom is -0.378 e. The second kappa shape index (κ2) is 8.71. The van der Waals surface area contributed by atoms with Gasteiger partial charge in [-0.15, -0.1) is 11.3 Å². The molecule has 1 fully saturated rings. The quantitative estimate of drug-likeness (QED) is 0.689. The predicted octanol–water partition coefficient (Wildman–Crippen LogP) is 4.02. The lowest BCUT2D eigenvalue weighted by Gasteiger charge is -2.27. The Hall–Kier alpha value is -2.77. The van der Waals surface area contributed by atoms with Gasteiger partial charge in [0.1, 0.15) is 11.6 Å². The van der Waals surface area contributed by atoms with Crippen LogP contribution in [-0.4, -0.2) is 37.2 Å². The van der Waals surface area contributed by atoms with Gasteiger partial charge in [0.15, 0.2) is 0 Å². The summed E-state index contributed by atoms with van der Waals surface area (Å²) in [5.74, 6) is 0.541. The number of ether oxygens (including phenoxy) is 1. The van der Waals surface area contributed by atoms with E-state index in [2.05, 4.69) is 15.2 Å². The van der Waals surface area contributed by atoms with E-state index < -0.39 is 0 Å². The Morgan fingerprint density at radius 3 is 2.66 bits per heavy atom. The zero-order valence-electron chi connectivity index (χ0n) is 16.2. The molecule has 29 heavy (non-hydrogen) atoms. The summed E-state index contributed by atoms with van der Waals surface area (Å²) in [7, 11) is 0. The van der Waals surface area contributed by atoms with Crippen molar-refractivity contribution in [1.82, 2.24) is 10.3 Å². The molecule has 1 aromatic carbocycles. The number of benzene rings is 1. The highest BCUT2D eigenvalue weighted by molar-refractivity contribution is 7.17. The second-order valence-corrected chi connectivity index (χ2v) is 7.99. The van der Waals surface area contributed by atoms with Gasteiger partial charge in [-0.2, -0.15) is 0 Å². The molecule has 1 aliphatic rings. The van der Waals surface area contributed by atoms with E-state index in [-0.39, 0.29) is 11.7 Å². The first-order valence-electron chi connectivity index (χ1n) is 9.52. The van der Waals surface area contributed by atoms with Crippen LogP contribution < -0.4 is 10.2 Å². The fraction of sp³-hybridized carbons (Fsp3) is 0.273. The number of hydrogen-bond donors (Lipinski definition) is 1. The van der Waals surface area contributed by atoms with Gasteiger partial charge in [0.25, 0.3) is 5.91 Å². The number of thiophene rings is 1. The highest BCUT2D eigenvalue weighted by atomic mass is 32.1. The molecule has 1 N–H and O–H groups in total. The number of rotatable bonds is 5. The van der Waals surface area contributed by atoms with E-state index in [4.69, 9.17) is 4.74 Å². The van der Waals surface area contributed by atoms with Gasteiger partial charge in [-0.05, 0) is 47.9 Å². The molecule has 2 aromatic heterocycles. The third-order valence-corrected chi connectivity index (χ3v) is 6.13. The molecule has 0 bridgehead atoms. The molecule has 5 nitrogen and oxygen atoms in total. The topological polar surface area (TPSA) is 54.5 Å². The smallest absolute Gasteiger partial charge is 0.261 e. The van der Waals surface area contributed by atoms with Gasteiger partial charge < -0.3 is 15.0 Å². The largest absolute Gasteiger partial charge is 0.378 e. The van der Waals surface area contributed by atoms with Crippen LogP contribution in [0, 0.1) is 12.7 Å². The second-order valence-electron chi connectivity index (χ2n) is 6.94. The molecule has 1 saturated heterocycles. The molecular weight excluding hydrogens is 389 g/mol. The first-order chi connectivity index (χ1) is 14.1. The van der Waals surface area contributed by atoms with Crippen LogP contribution in [0.3, 0.4) is 0 Å². The van der Waals surface area contributed by atoms with Crippen molar-refractivity contribution in [2.75, 3.05) is 31.2 Å². The Morgan fingerprint density at radius 2 is 1.97 bits per heavy atom. The van der Waals surface area contributed by atoms with Crippen LogP contribution in [0.5, 0.6) is 0 Å². The van der Waals surface area contributed by atoms with E-state index in [0.717, 1.165) is 53.7 Å². The number of carbonyl (C=O) groups excluding carboxylic acids is 1. The third kappa shape index (κ3) is 4.63. The number of carbonyl (C=O) groups is 1. The summed E-state index contributed by atoms with van der Waals surface area (Å²) in [5.41, 5.74) is 2.86. The highest BCUT2D eigenvalue weighted by Crippen LogP contribution is 2.32. The van der Waals surface area contributed by atoms with Crippen LogP contribution in [0.1, 0.15) is 20.8 Å². The number of aryl methyl sites for hydroxylation is 1. The molecule has 1 aliphatic heterocycles. The van der Waals surface area contributed by atoms with Gasteiger partial charge in [0.2, 0.25) is 0 Å². The fourth-order valence-electron chi connectivity index (χ4n) is 3.25. The van der Waals surface area contributed by atoms with Crippen LogP contribution >= 0.6 is 11.3 Å². The van der Waals surface area contributed by atoms with Gasteiger partial charge in [0.05, 0.1) is 18.1 Å². The summed E-state index contributed by atoms with van der Waals surface area (Å²) in [5, 5.41) is 2.95. The van der Waals surface area contributed by atoms with Gasteiger partial charge in [-0.3, -0.25) is 4.79 Å². The molecule has 0 aliphatic carbocycles. The van der Waals surface area contributed by atoms with E-state index in [0.29, 0.717) is 11.4 Å². The van der Waals surface area contributed by atoms with Gasteiger partial charge in [-0.1, -0.05) is 18.2 Å². The number of pyridine rings is 1. The molecular formula is C22H22FN3O2S. The number of hydrogen-bond acceptors (Lipinski definition) is 5. The molecule has 3 heterocycles. The Morgan fingerprint density at radius 1 is 1.21 bits per heavy atom. The minimum absolute atomic E-state index is 0.122. The Labute approximate surface area is 173 Å². The maximum Gasteiger partial charge on any atom is 0.261 e. The van der Waals surface area contributed by atoms with Crippen molar-refractivity contribution in [1.29, 1.82) is 0 Å². The maximum absolute atomic E-state index is 13.2. The first-order valence-corrected chi connectivity index (χ1v) is 10.3. The standard InChI is InChI=1S/C22H22FN3O2S/c1-15-12-19(29-21(15)17-3-5-18(23)6-4-17)22(27)25-14-16-2-7-20(24-13-16)26-8-10-28-11-9-26/h2-7,12-13H,8-11,14H2,1H3,(H,25,27). The van der Waals surface area contributed by atoms with Crippen LogP contribution in [0.25, 0.3) is 10.4 Å². The lowest BCUT2D eigenvalue weighted by Crippen LogP contribution is -2.36. The van der Waals surface area contributed by atoms with Crippen molar-refractivity contribution >= 4 is 23.1 Å².